The molecule has 1 rings (SSSR count). The molecule has 114 valence electrons. The van der Waals surface area contributed by atoms with Crippen molar-refractivity contribution in [3.05, 3.63) is 27.8 Å². The molecule has 2 unspecified atom stereocenters. The molecule has 0 saturated carbocycles. The summed E-state index contributed by atoms with van der Waals surface area (Å²) in [7, 11) is 0. The van der Waals surface area contributed by atoms with Gasteiger partial charge in [0, 0.05) is 10.6 Å². The van der Waals surface area contributed by atoms with Gasteiger partial charge in [0.05, 0.1) is 6.61 Å². The standard InChI is InChI=1S/C17H28ClNO/c1-6-9-20-17-12(3)10-15(18)14(5)16(17)13(4)11(2)7-8-19/h10-11,13H,6-9,19H2,1-5H3. The molecular formula is C17H28ClNO. The van der Waals surface area contributed by atoms with Gasteiger partial charge in [-0.3, -0.25) is 0 Å². The molecule has 0 aliphatic rings. The highest BCUT2D eigenvalue weighted by Gasteiger charge is 2.23. The number of hydrogen-bond acceptors (Lipinski definition) is 2. The Balaban J connectivity index is 3.25. The first-order chi connectivity index (χ1) is 9.43. The summed E-state index contributed by atoms with van der Waals surface area (Å²) in [5.41, 5.74) is 9.22. The molecule has 0 aliphatic carbocycles. The van der Waals surface area contributed by atoms with Gasteiger partial charge < -0.3 is 10.5 Å². The molecule has 0 aliphatic heterocycles. The van der Waals surface area contributed by atoms with E-state index >= 15 is 0 Å². The molecule has 0 fully saturated rings. The van der Waals surface area contributed by atoms with E-state index in [2.05, 4.69) is 34.6 Å². The smallest absolute Gasteiger partial charge is 0.126 e. The lowest BCUT2D eigenvalue weighted by atomic mass is 9.83. The Labute approximate surface area is 128 Å². The highest BCUT2D eigenvalue weighted by molar-refractivity contribution is 6.31. The van der Waals surface area contributed by atoms with E-state index in [9.17, 15) is 0 Å². The molecule has 0 aromatic heterocycles. The van der Waals surface area contributed by atoms with E-state index in [0.717, 1.165) is 47.9 Å². The first kappa shape index (κ1) is 17.3. The molecule has 2 N–H and O–H groups in total. The fourth-order valence-electron chi connectivity index (χ4n) is 2.62. The van der Waals surface area contributed by atoms with Crippen molar-refractivity contribution in [3.63, 3.8) is 0 Å². The monoisotopic (exact) mass is 297 g/mol. The fourth-order valence-corrected chi connectivity index (χ4v) is 2.88. The first-order valence-electron chi connectivity index (χ1n) is 7.56. The second-order valence-electron chi connectivity index (χ2n) is 5.73. The van der Waals surface area contributed by atoms with Gasteiger partial charge in [0.2, 0.25) is 0 Å². The molecule has 0 amide bonds. The van der Waals surface area contributed by atoms with Crippen molar-refractivity contribution in [2.45, 2.75) is 53.4 Å². The summed E-state index contributed by atoms with van der Waals surface area (Å²) < 4.78 is 6.01. The van der Waals surface area contributed by atoms with E-state index in [1.807, 2.05) is 6.07 Å². The van der Waals surface area contributed by atoms with Gasteiger partial charge in [-0.2, -0.15) is 0 Å². The zero-order valence-electron chi connectivity index (χ0n) is 13.4. The van der Waals surface area contributed by atoms with Gasteiger partial charge in [-0.15, -0.1) is 0 Å². The van der Waals surface area contributed by atoms with Crippen LogP contribution in [0.1, 0.15) is 56.2 Å². The molecule has 1 aromatic carbocycles. The van der Waals surface area contributed by atoms with Crippen LogP contribution in [0.3, 0.4) is 0 Å². The molecule has 0 bridgehead atoms. The third-order valence-electron chi connectivity index (χ3n) is 4.09. The number of nitrogens with two attached hydrogens (primary N) is 1. The van der Waals surface area contributed by atoms with Crippen LogP contribution in [0.2, 0.25) is 5.02 Å². The van der Waals surface area contributed by atoms with Crippen LogP contribution in [-0.2, 0) is 0 Å². The predicted molar refractivity (Wildman–Crippen MR) is 88.0 cm³/mol. The van der Waals surface area contributed by atoms with Crippen LogP contribution in [0.4, 0.5) is 0 Å². The largest absolute Gasteiger partial charge is 0.493 e. The summed E-state index contributed by atoms with van der Waals surface area (Å²) in [6.45, 7) is 12.2. The molecular weight excluding hydrogens is 270 g/mol. The summed E-state index contributed by atoms with van der Waals surface area (Å²) in [5, 5.41) is 0.827. The number of hydrogen-bond donors (Lipinski definition) is 1. The normalized spacial score (nSPS) is 14.2. The lowest BCUT2D eigenvalue weighted by Crippen LogP contribution is -2.15. The first-order valence-corrected chi connectivity index (χ1v) is 7.94. The molecule has 0 radical (unpaired) electrons. The van der Waals surface area contributed by atoms with Gasteiger partial charge in [0.15, 0.2) is 0 Å². The van der Waals surface area contributed by atoms with E-state index in [-0.39, 0.29) is 0 Å². The lowest BCUT2D eigenvalue weighted by molar-refractivity contribution is 0.306. The summed E-state index contributed by atoms with van der Waals surface area (Å²) in [6, 6.07) is 2.01. The minimum atomic E-state index is 0.391. The van der Waals surface area contributed by atoms with Crippen molar-refractivity contribution in [1.29, 1.82) is 0 Å². The third-order valence-corrected chi connectivity index (χ3v) is 4.48. The molecule has 2 atom stereocenters. The lowest BCUT2D eigenvalue weighted by Gasteiger charge is -2.26. The number of aryl methyl sites for hydroxylation is 1. The van der Waals surface area contributed by atoms with Crippen LogP contribution in [0.25, 0.3) is 0 Å². The Morgan fingerprint density at radius 3 is 2.50 bits per heavy atom. The number of ether oxygens (including phenoxy) is 1. The number of rotatable bonds is 7. The van der Waals surface area contributed by atoms with Crippen LogP contribution in [0.5, 0.6) is 5.75 Å². The predicted octanol–water partition coefficient (Wildman–Crippen LogP) is 4.83. The fraction of sp³-hybridized carbons (Fsp3) is 0.647. The Kier molecular flexibility index (Phi) is 6.84. The van der Waals surface area contributed by atoms with Crippen molar-refractivity contribution in [1.82, 2.24) is 0 Å². The minimum Gasteiger partial charge on any atom is -0.493 e. The van der Waals surface area contributed by atoms with E-state index in [0.29, 0.717) is 11.8 Å². The van der Waals surface area contributed by atoms with Gasteiger partial charge in [0.1, 0.15) is 5.75 Å². The highest BCUT2D eigenvalue weighted by atomic mass is 35.5. The van der Waals surface area contributed by atoms with Crippen LogP contribution in [0, 0.1) is 19.8 Å². The second kappa shape index (κ2) is 7.90. The second-order valence-corrected chi connectivity index (χ2v) is 6.14. The molecule has 20 heavy (non-hydrogen) atoms. The van der Waals surface area contributed by atoms with Crippen molar-refractivity contribution >= 4 is 11.6 Å². The summed E-state index contributed by atoms with van der Waals surface area (Å²) >= 11 is 6.37. The van der Waals surface area contributed by atoms with Crippen molar-refractivity contribution in [3.8, 4) is 5.75 Å². The van der Waals surface area contributed by atoms with E-state index in [1.54, 1.807) is 0 Å². The summed E-state index contributed by atoms with van der Waals surface area (Å²) in [6.07, 6.45) is 2.02. The average molecular weight is 298 g/mol. The zero-order valence-corrected chi connectivity index (χ0v) is 14.2. The zero-order chi connectivity index (χ0) is 15.3. The van der Waals surface area contributed by atoms with Gasteiger partial charge in [-0.05, 0) is 62.3 Å². The van der Waals surface area contributed by atoms with Crippen molar-refractivity contribution in [2.24, 2.45) is 11.7 Å². The van der Waals surface area contributed by atoms with Gasteiger partial charge in [0.25, 0.3) is 0 Å². The third kappa shape index (κ3) is 3.89. The molecule has 3 heteroatoms. The van der Waals surface area contributed by atoms with Crippen molar-refractivity contribution < 1.29 is 4.74 Å². The Bertz CT molecular complexity index is 445. The van der Waals surface area contributed by atoms with Crippen molar-refractivity contribution in [2.75, 3.05) is 13.2 Å². The van der Waals surface area contributed by atoms with Crippen LogP contribution in [0.15, 0.2) is 6.07 Å². The maximum absolute atomic E-state index is 6.37. The molecule has 1 aromatic rings. The van der Waals surface area contributed by atoms with Gasteiger partial charge in [-0.1, -0.05) is 32.4 Å². The maximum atomic E-state index is 6.37. The quantitative estimate of drug-likeness (QED) is 0.782. The van der Waals surface area contributed by atoms with Gasteiger partial charge >= 0.3 is 0 Å². The Hall–Kier alpha value is -0.730. The molecule has 2 nitrogen and oxygen atoms in total. The molecule has 0 heterocycles. The maximum Gasteiger partial charge on any atom is 0.126 e. The summed E-state index contributed by atoms with van der Waals surface area (Å²) in [4.78, 5) is 0. The van der Waals surface area contributed by atoms with Crippen LogP contribution in [-0.4, -0.2) is 13.2 Å². The number of benzene rings is 1. The van der Waals surface area contributed by atoms with Crippen LogP contribution < -0.4 is 10.5 Å². The SMILES string of the molecule is CCCOc1c(C)cc(Cl)c(C)c1C(C)C(C)CCN. The summed E-state index contributed by atoms with van der Waals surface area (Å²) in [5.74, 6) is 1.92. The van der Waals surface area contributed by atoms with E-state index in [4.69, 9.17) is 22.1 Å². The Morgan fingerprint density at radius 1 is 1.30 bits per heavy atom. The Morgan fingerprint density at radius 2 is 1.95 bits per heavy atom. The van der Waals surface area contributed by atoms with E-state index in [1.165, 1.54) is 5.56 Å². The molecule has 0 saturated heterocycles. The highest BCUT2D eigenvalue weighted by Crippen LogP contribution is 2.40. The average Bonchev–Trinajstić information content (AvgIpc) is 2.40. The number of halogens is 1. The minimum absolute atomic E-state index is 0.391. The topological polar surface area (TPSA) is 35.2 Å². The van der Waals surface area contributed by atoms with Gasteiger partial charge in [-0.25, -0.2) is 0 Å². The van der Waals surface area contributed by atoms with E-state index < -0.39 is 0 Å². The van der Waals surface area contributed by atoms with Crippen LogP contribution >= 0.6 is 11.6 Å². The molecule has 0 spiro atoms.